The van der Waals surface area contributed by atoms with Gasteiger partial charge in [-0.25, -0.2) is 0 Å². The first-order chi connectivity index (χ1) is 21.2. The third-order valence-corrected chi connectivity index (χ3v) is 7.19. The van der Waals surface area contributed by atoms with Crippen LogP contribution in [0.4, 0.5) is 17.6 Å². The highest BCUT2D eigenvalue weighted by Gasteiger charge is 2.44. The number of aliphatic hydroxyl groups excluding tert-OH is 1. The zero-order chi connectivity index (χ0) is 31.1. The van der Waals surface area contributed by atoms with Crippen molar-refractivity contribution < 1.29 is 36.9 Å². The Morgan fingerprint density at radius 3 is 2.50 bits per heavy atom. The number of amides is 1. The summed E-state index contributed by atoms with van der Waals surface area (Å²) in [5, 5.41) is 14.4. The number of halogens is 4. The van der Waals surface area contributed by atoms with E-state index in [0.29, 0.717) is 28.2 Å². The summed E-state index contributed by atoms with van der Waals surface area (Å²) in [6.45, 7) is 0. The number of hydrogen-bond donors (Lipinski definition) is 2. The molecule has 44 heavy (non-hydrogen) atoms. The number of allylic oxidation sites excluding steroid dienone is 1. The molecule has 10 heteroatoms. The smallest absolute Gasteiger partial charge is 0.456 e. The summed E-state index contributed by atoms with van der Waals surface area (Å²) in [6, 6.07) is 19.9. The van der Waals surface area contributed by atoms with E-state index < -0.39 is 36.3 Å². The molecule has 6 nitrogen and oxygen atoms in total. The Balaban J connectivity index is 1.41. The van der Waals surface area contributed by atoms with Crippen LogP contribution in [0, 0.1) is 0 Å². The Labute approximate surface area is 252 Å². The number of hydrogen-bond acceptors (Lipinski definition) is 5. The van der Waals surface area contributed by atoms with E-state index in [2.05, 4.69) is 15.0 Å². The monoisotopic (exact) mass is 606 g/mol. The average molecular weight is 607 g/mol. The SMILES string of the molecule is O=C(NC(Cc1cccc(OC(F)(F)C(F)F)c1)C(O)c1ccc(Oc2cccnc2)cc1)c1cccc2c1C=CCCC2. The first-order valence-corrected chi connectivity index (χ1v) is 14.1. The van der Waals surface area contributed by atoms with Crippen molar-refractivity contribution >= 4 is 12.0 Å². The summed E-state index contributed by atoms with van der Waals surface area (Å²) >= 11 is 0. The summed E-state index contributed by atoms with van der Waals surface area (Å²) < 4.78 is 62.7. The average Bonchev–Trinajstić information content (AvgIpc) is 3.27. The second-order valence-electron chi connectivity index (χ2n) is 10.4. The normalized spacial score (nSPS) is 14.3. The summed E-state index contributed by atoms with van der Waals surface area (Å²) in [5.41, 5.74) is 3.11. The number of benzene rings is 3. The number of aromatic nitrogens is 1. The van der Waals surface area contributed by atoms with E-state index in [9.17, 15) is 27.5 Å². The van der Waals surface area contributed by atoms with Crippen LogP contribution in [-0.2, 0) is 12.8 Å². The maximum atomic E-state index is 13.7. The third-order valence-electron chi connectivity index (χ3n) is 7.19. The molecule has 1 aliphatic carbocycles. The van der Waals surface area contributed by atoms with Gasteiger partial charge in [0.2, 0.25) is 0 Å². The van der Waals surface area contributed by atoms with Crippen LogP contribution in [-0.4, -0.2) is 34.6 Å². The van der Waals surface area contributed by atoms with Gasteiger partial charge in [-0.3, -0.25) is 9.78 Å². The number of nitrogens with zero attached hydrogens (tertiary/aromatic N) is 1. The molecule has 4 aromatic rings. The number of pyridine rings is 1. The molecule has 0 bridgehead atoms. The summed E-state index contributed by atoms with van der Waals surface area (Å²) in [6.07, 6.45) is -0.167. The molecule has 3 aromatic carbocycles. The highest BCUT2D eigenvalue weighted by Crippen LogP contribution is 2.30. The number of aliphatic hydroxyl groups is 1. The summed E-state index contributed by atoms with van der Waals surface area (Å²) in [4.78, 5) is 17.7. The Hall–Kier alpha value is -4.70. The lowest BCUT2D eigenvalue weighted by Gasteiger charge is -2.26. The van der Waals surface area contributed by atoms with E-state index in [1.165, 1.54) is 12.1 Å². The van der Waals surface area contributed by atoms with Gasteiger partial charge in [0.15, 0.2) is 0 Å². The zero-order valence-corrected chi connectivity index (χ0v) is 23.5. The number of carbonyl (C=O) groups excluding carboxylic acids is 1. The van der Waals surface area contributed by atoms with Crippen molar-refractivity contribution in [2.24, 2.45) is 0 Å². The van der Waals surface area contributed by atoms with E-state index in [4.69, 9.17) is 4.74 Å². The molecule has 0 fully saturated rings. The van der Waals surface area contributed by atoms with Crippen LogP contribution < -0.4 is 14.8 Å². The van der Waals surface area contributed by atoms with E-state index in [1.807, 2.05) is 24.3 Å². The van der Waals surface area contributed by atoms with Crippen LogP contribution in [0.25, 0.3) is 6.08 Å². The van der Waals surface area contributed by atoms with Gasteiger partial charge in [0.1, 0.15) is 17.2 Å². The van der Waals surface area contributed by atoms with Crippen LogP contribution in [0.2, 0.25) is 0 Å². The van der Waals surface area contributed by atoms with E-state index in [0.717, 1.165) is 36.5 Å². The van der Waals surface area contributed by atoms with Crippen molar-refractivity contribution in [1.29, 1.82) is 0 Å². The number of nitrogens with one attached hydrogen (secondary N) is 1. The lowest BCUT2D eigenvalue weighted by atomic mass is 9.94. The maximum Gasteiger partial charge on any atom is 0.461 e. The van der Waals surface area contributed by atoms with Gasteiger partial charge in [-0.15, -0.1) is 0 Å². The van der Waals surface area contributed by atoms with Crippen LogP contribution in [0.1, 0.15) is 51.6 Å². The lowest BCUT2D eigenvalue weighted by Crippen LogP contribution is -2.41. The van der Waals surface area contributed by atoms with Crippen molar-refractivity contribution in [2.75, 3.05) is 0 Å². The lowest BCUT2D eigenvalue weighted by molar-refractivity contribution is -0.253. The Morgan fingerprint density at radius 1 is 0.977 bits per heavy atom. The molecule has 2 N–H and O–H groups in total. The second kappa shape index (κ2) is 13.7. The van der Waals surface area contributed by atoms with Crippen molar-refractivity contribution in [1.82, 2.24) is 10.3 Å². The molecular weight excluding hydrogens is 576 g/mol. The largest absolute Gasteiger partial charge is 0.461 e. The minimum absolute atomic E-state index is 0.0246. The van der Waals surface area contributed by atoms with E-state index in [1.54, 1.807) is 60.9 Å². The standard InChI is InChI=1S/C34H30F4N2O4/c35-33(36)34(37,38)44-26-10-4-7-22(19-26)20-30(40-32(42)29-13-5-9-23-8-2-1-3-12-28(23)29)31(41)24-14-16-25(17-15-24)43-27-11-6-18-39-21-27/h3-7,9-19,21,30-31,33,41H,1-2,8,20H2,(H,40,42). The molecule has 0 radical (unpaired) electrons. The fourth-order valence-corrected chi connectivity index (χ4v) is 5.03. The van der Waals surface area contributed by atoms with Gasteiger partial charge in [0, 0.05) is 11.8 Å². The van der Waals surface area contributed by atoms with Crippen LogP contribution in [0.15, 0.2) is 97.3 Å². The van der Waals surface area contributed by atoms with Crippen LogP contribution in [0.3, 0.4) is 0 Å². The molecule has 1 amide bonds. The van der Waals surface area contributed by atoms with Crippen LogP contribution in [0.5, 0.6) is 17.2 Å². The number of rotatable bonds is 11. The maximum absolute atomic E-state index is 13.7. The van der Waals surface area contributed by atoms with E-state index >= 15 is 0 Å². The summed E-state index contributed by atoms with van der Waals surface area (Å²) in [5.74, 6) is 0.132. The number of carbonyl (C=O) groups is 1. The molecule has 0 saturated carbocycles. The van der Waals surface area contributed by atoms with Crippen molar-refractivity contribution in [3.8, 4) is 17.2 Å². The topological polar surface area (TPSA) is 80.7 Å². The first-order valence-electron chi connectivity index (χ1n) is 14.1. The Morgan fingerprint density at radius 2 is 1.75 bits per heavy atom. The van der Waals surface area contributed by atoms with Gasteiger partial charge in [0.25, 0.3) is 5.91 Å². The quantitative estimate of drug-likeness (QED) is 0.173. The van der Waals surface area contributed by atoms with Crippen molar-refractivity contribution in [3.05, 3.63) is 125 Å². The highest BCUT2D eigenvalue weighted by molar-refractivity contribution is 5.98. The minimum atomic E-state index is -4.68. The van der Waals surface area contributed by atoms with E-state index in [-0.39, 0.29) is 6.42 Å². The molecule has 0 aliphatic heterocycles. The van der Waals surface area contributed by atoms with Crippen molar-refractivity contribution in [2.45, 2.75) is 50.4 Å². The van der Waals surface area contributed by atoms with Gasteiger partial charge < -0.3 is 19.9 Å². The van der Waals surface area contributed by atoms with Gasteiger partial charge in [-0.1, -0.05) is 48.6 Å². The predicted molar refractivity (Wildman–Crippen MR) is 157 cm³/mol. The predicted octanol–water partition coefficient (Wildman–Crippen LogP) is 7.53. The number of ether oxygens (including phenoxy) is 2. The molecule has 2 unspecified atom stereocenters. The molecule has 1 aromatic heterocycles. The Kier molecular flexibility index (Phi) is 9.59. The third kappa shape index (κ3) is 7.62. The molecule has 2 atom stereocenters. The second-order valence-corrected chi connectivity index (χ2v) is 10.4. The minimum Gasteiger partial charge on any atom is -0.456 e. The van der Waals surface area contributed by atoms with Crippen LogP contribution >= 0.6 is 0 Å². The number of aryl methyl sites for hydroxylation is 1. The summed E-state index contributed by atoms with van der Waals surface area (Å²) in [7, 11) is 0. The van der Waals surface area contributed by atoms with Gasteiger partial charge in [-0.05, 0) is 90.4 Å². The highest BCUT2D eigenvalue weighted by atomic mass is 19.3. The molecule has 5 rings (SSSR count). The molecule has 0 spiro atoms. The molecule has 228 valence electrons. The van der Waals surface area contributed by atoms with Gasteiger partial charge in [0.05, 0.1) is 18.3 Å². The Bertz CT molecular complexity index is 1600. The fourth-order valence-electron chi connectivity index (χ4n) is 5.03. The van der Waals surface area contributed by atoms with Crippen molar-refractivity contribution in [3.63, 3.8) is 0 Å². The van der Waals surface area contributed by atoms with Gasteiger partial charge in [-0.2, -0.15) is 17.6 Å². The molecule has 1 heterocycles. The van der Waals surface area contributed by atoms with Gasteiger partial charge >= 0.3 is 12.5 Å². The number of alkyl halides is 4. The molecule has 0 saturated heterocycles. The zero-order valence-electron chi connectivity index (χ0n) is 23.5. The molecule has 1 aliphatic rings. The first kappa shape index (κ1) is 30.7. The number of fused-ring (bicyclic) bond motifs is 1. The fraction of sp³-hybridized carbons (Fsp3) is 0.235. The molecular formula is C34H30F4N2O4.